The maximum Gasteiger partial charge on any atom is 0.270 e. The summed E-state index contributed by atoms with van der Waals surface area (Å²) in [6.45, 7) is 12.5. The number of aliphatic hydroxyl groups excluding tert-OH is 1. The summed E-state index contributed by atoms with van der Waals surface area (Å²) in [5, 5.41) is 23.3. The zero-order valence-electron chi connectivity index (χ0n) is 25.4. The van der Waals surface area contributed by atoms with Crippen LogP contribution in [-0.4, -0.2) is 70.4 Å². The fourth-order valence-corrected chi connectivity index (χ4v) is 7.29. The van der Waals surface area contributed by atoms with Crippen LogP contribution in [-0.2, 0) is 17.9 Å². The first kappa shape index (κ1) is 30.6. The van der Waals surface area contributed by atoms with Gasteiger partial charge in [-0.15, -0.1) is 0 Å². The van der Waals surface area contributed by atoms with Crippen LogP contribution in [0.5, 0.6) is 5.75 Å². The molecule has 2 heterocycles. The average Bonchev–Trinajstić information content (AvgIpc) is 2.99. The Hall–Kier alpha value is -2.84. The molecule has 0 saturated carbocycles. The fraction of sp³-hybridized carbons (Fsp3) is 0.486. The molecule has 5 rings (SSSR count). The number of rotatable bonds is 8. The van der Waals surface area contributed by atoms with Crippen LogP contribution in [0.2, 0.25) is 0 Å². The number of phenolic OH excluding ortho intramolecular Hbond substituents is 1. The number of halogens is 2. The maximum atomic E-state index is 14.3. The molecule has 3 aromatic carbocycles. The molecule has 3 aromatic rings. The molecule has 42 heavy (non-hydrogen) atoms. The number of likely N-dealkylation sites (N-methyl/N-ethyl adjacent to an activating group) is 1. The zero-order valence-corrected chi connectivity index (χ0v) is 25.4. The molecular formula is C35H45F2N3O2. The molecule has 0 aliphatic carbocycles. The molecule has 226 valence electrons. The number of hydrogen-bond acceptors (Lipinski definition) is 5. The van der Waals surface area contributed by atoms with E-state index in [1.54, 1.807) is 12.1 Å². The van der Waals surface area contributed by atoms with Crippen molar-refractivity contribution in [3.05, 3.63) is 100 Å². The minimum absolute atomic E-state index is 0.00744. The van der Waals surface area contributed by atoms with Gasteiger partial charge in [0.15, 0.2) is 0 Å². The highest BCUT2D eigenvalue weighted by Gasteiger charge is 2.53. The summed E-state index contributed by atoms with van der Waals surface area (Å²) >= 11 is 0. The van der Waals surface area contributed by atoms with Crippen LogP contribution in [0.15, 0.2) is 66.7 Å². The lowest BCUT2D eigenvalue weighted by Gasteiger charge is -2.56. The van der Waals surface area contributed by atoms with Crippen LogP contribution >= 0.6 is 0 Å². The first-order valence-corrected chi connectivity index (χ1v) is 15.3. The van der Waals surface area contributed by atoms with Crippen molar-refractivity contribution in [2.45, 2.75) is 70.7 Å². The molecule has 0 bridgehead atoms. The Bertz CT molecular complexity index is 1330. The SMILES string of the molecule is CCN1CCN(C(O)[C@]2(c3ccccc3)CCCN(Cc3cccc(C(C)(F)F)c3)C2c2cc(C)c(O)c(C)c2)CC1. The number of aryl methyl sites for hydroxylation is 2. The lowest BCUT2D eigenvalue weighted by Crippen LogP contribution is -2.62. The number of aromatic hydroxyl groups is 1. The van der Waals surface area contributed by atoms with Gasteiger partial charge in [0.05, 0.1) is 5.41 Å². The van der Waals surface area contributed by atoms with Crippen molar-refractivity contribution in [3.8, 4) is 5.75 Å². The third-order valence-corrected chi connectivity index (χ3v) is 9.51. The Kier molecular flexibility index (Phi) is 9.05. The Balaban J connectivity index is 1.66. The largest absolute Gasteiger partial charge is 0.507 e. The fourth-order valence-electron chi connectivity index (χ4n) is 7.29. The quantitative estimate of drug-likeness (QED) is 0.327. The van der Waals surface area contributed by atoms with E-state index in [1.807, 2.05) is 50.2 Å². The van der Waals surface area contributed by atoms with Crippen molar-refractivity contribution < 1.29 is 19.0 Å². The number of hydrogen-bond donors (Lipinski definition) is 2. The van der Waals surface area contributed by atoms with E-state index in [-0.39, 0.29) is 17.4 Å². The van der Waals surface area contributed by atoms with Crippen molar-refractivity contribution in [3.63, 3.8) is 0 Å². The van der Waals surface area contributed by atoms with Gasteiger partial charge in [0, 0.05) is 51.3 Å². The first-order chi connectivity index (χ1) is 20.0. The topological polar surface area (TPSA) is 50.2 Å². The predicted octanol–water partition coefficient (Wildman–Crippen LogP) is 6.35. The van der Waals surface area contributed by atoms with Gasteiger partial charge in [-0.3, -0.25) is 9.80 Å². The highest BCUT2D eigenvalue weighted by atomic mass is 19.3. The van der Waals surface area contributed by atoms with Gasteiger partial charge in [-0.05, 0) is 73.7 Å². The van der Waals surface area contributed by atoms with Gasteiger partial charge < -0.3 is 15.1 Å². The van der Waals surface area contributed by atoms with Crippen LogP contribution in [0.4, 0.5) is 8.78 Å². The third kappa shape index (κ3) is 5.98. The normalized spacial score (nSPS) is 23.6. The van der Waals surface area contributed by atoms with E-state index in [9.17, 15) is 19.0 Å². The van der Waals surface area contributed by atoms with Crippen LogP contribution in [0.1, 0.15) is 66.1 Å². The van der Waals surface area contributed by atoms with Crippen molar-refractivity contribution >= 4 is 0 Å². The Morgan fingerprint density at radius 3 is 2.21 bits per heavy atom. The van der Waals surface area contributed by atoms with Gasteiger partial charge >= 0.3 is 0 Å². The highest BCUT2D eigenvalue weighted by molar-refractivity contribution is 5.46. The summed E-state index contributed by atoms with van der Waals surface area (Å²) in [7, 11) is 0. The summed E-state index contributed by atoms with van der Waals surface area (Å²) in [6.07, 6.45) is 0.878. The number of phenols is 1. The van der Waals surface area contributed by atoms with Gasteiger partial charge in [0.25, 0.3) is 5.92 Å². The van der Waals surface area contributed by atoms with Crippen LogP contribution in [0.3, 0.4) is 0 Å². The number of likely N-dealkylation sites (tertiary alicyclic amines) is 1. The molecule has 2 N–H and O–H groups in total. The van der Waals surface area contributed by atoms with Gasteiger partial charge in [-0.25, -0.2) is 8.78 Å². The minimum Gasteiger partial charge on any atom is -0.507 e. The summed E-state index contributed by atoms with van der Waals surface area (Å²) in [4.78, 5) is 7.00. The van der Waals surface area contributed by atoms with Crippen LogP contribution in [0.25, 0.3) is 0 Å². The molecule has 0 spiro atoms. The number of nitrogens with zero attached hydrogens (tertiary/aromatic N) is 3. The van der Waals surface area contributed by atoms with Crippen molar-refractivity contribution in [1.29, 1.82) is 0 Å². The summed E-state index contributed by atoms with van der Waals surface area (Å²) in [5.74, 6) is -2.65. The summed E-state index contributed by atoms with van der Waals surface area (Å²) in [6, 6.07) is 20.9. The second kappa shape index (κ2) is 12.4. The summed E-state index contributed by atoms with van der Waals surface area (Å²) in [5.41, 5.74) is 3.81. The van der Waals surface area contributed by atoms with E-state index in [4.69, 9.17) is 0 Å². The smallest absolute Gasteiger partial charge is 0.270 e. The molecule has 2 aliphatic rings. The molecule has 2 fully saturated rings. The van der Waals surface area contributed by atoms with Crippen molar-refractivity contribution in [2.75, 3.05) is 39.3 Å². The second-order valence-corrected chi connectivity index (χ2v) is 12.3. The minimum atomic E-state index is -2.92. The maximum absolute atomic E-state index is 14.3. The van der Waals surface area contributed by atoms with E-state index in [1.165, 1.54) is 6.07 Å². The van der Waals surface area contributed by atoms with Gasteiger partial charge in [0.1, 0.15) is 12.0 Å². The van der Waals surface area contributed by atoms with Gasteiger partial charge in [-0.1, -0.05) is 67.6 Å². The van der Waals surface area contributed by atoms with Crippen molar-refractivity contribution in [2.24, 2.45) is 0 Å². The molecule has 2 aliphatic heterocycles. The van der Waals surface area contributed by atoms with Gasteiger partial charge in [-0.2, -0.15) is 0 Å². The predicted molar refractivity (Wildman–Crippen MR) is 164 cm³/mol. The molecule has 5 nitrogen and oxygen atoms in total. The lowest BCUT2D eigenvalue weighted by molar-refractivity contribution is -0.119. The van der Waals surface area contributed by atoms with Gasteiger partial charge in [0.2, 0.25) is 0 Å². The molecular weight excluding hydrogens is 532 g/mol. The second-order valence-electron chi connectivity index (χ2n) is 12.3. The molecule has 2 saturated heterocycles. The average molecular weight is 578 g/mol. The molecule has 3 atom stereocenters. The highest BCUT2D eigenvalue weighted by Crippen LogP contribution is 2.52. The van der Waals surface area contributed by atoms with E-state index in [0.717, 1.165) is 86.9 Å². The van der Waals surface area contributed by atoms with E-state index < -0.39 is 17.6 Å². The van der Waals surface area contributed by atoms with Crippen LogP contribution < -0.4 is 0 Å². The Labute approximate surface area is 249 Å². The molecule has 2 unspecified atom stereocenters. The summed E-state index contributed by atoms with van der Waals surface area (Å²) < 4.78 is 28.6. The Morgan fingerprint density at radius 2 is 1.60 bits per heavy atom. The number of aliphatic hydroxyl groups is 1. The molecule has 7 heteroatoms. The Morgan fingerprint density at radius 1 is 0.929 bits per heavy atom. The van der Waals surface area contributed by atoms with E-state index in [0.29, 0.717) is 6.54 Å². The standard InChI is InChI=1S/C35H45F2N3O2/c1-5-38-17-19-39(20-18-38)33(42)35(29-12-7-6-8-13-29)15-10-16-40(24-27-11-9-14-30(23-27)34(4,36)37)32(35)28-21-25(2)31(41)26(3)22-28/h6-9,11-14,21-23,32-33,41-42H,5,10,15-20,24H2,1-4H3/t32?,33?,35-/m0/s1. The number of piperidine rings is 1. The van der Waals surface area contributed by atoms with Crippen molar-refractivity contribution in [1.82, 2.24) is 14.7 Å². The van der Waals surface area contributed by atoms with Crippen LogP contribution in [0, 0.1) is 13.8 Å². The zero-order chi connectivity index (χ0) is 30.1. The monoisotopic (exact) mass is 577 g/mol. The number of alkyl halides is 2. The van der Waals surface area contributed by atoms with E-state index >= 15 is 0 Å². The third-order valence-electron chi connectivity index (χ3n) is 9.51. The molecule has 0 radical (unpaired) electrons. The number of piperazine rings is 1. The lowest BCUT2D eigenvalue weighted by atomic mass is 9.64. The molecule has 0 amide bonds. The molecule has 0 aromatic heterocycles. The number of benzene rings is 3. The van der Waals surface area contributed by atoms with E-state index in [2.05, 4.69) is 33.8 Å². The first-order valence-electron chi connectivity index (χ1n) is 15.3.